The smallest absolute Gasteiger partial charge is 0.335 e. The van der Waals surface area contributed by atoms with Gasteiger partial charge < -0.3 is 19.1 Å². The van der Waals surface area contributed by atoms with E-state index in [1.54, 1.807) is 49.6 Å². The molecule has 49 heavy (non-hydrogen) atoms. The zero-order valence-corrected chi connectivity index (χ0v) is 26.8. The van der Waals surface area contributed by atoms with Crippen LogP contribution in [0.4, 0.5) is 13.2 Å². The fourth-order valence-corrected chi connectivity index (χ4v) is 6.12. The Morgan fingerprint density at radius 1 is 0.980 bits per heavy atom. The van der Waals surface area contributed by atoms with Crippen LogP contribution in [-0.2, 0) is 24.8 Å². The monoisotopic (exact) mass is 668 g/mol. The number of hydrogen-bond acceptors (Lipinski definition) is 7. The van der Waals surface area contributed by atoms with E-state index in [2.05, 4.69) is 15.3 Å². The Hall–Kier alpha value is -5.56. The number of carboxylic acid groups (broad SMARTS) is 1. The van der Waals surface area contributed by atoms with Gasteiger partial charge in [0.1, 0.15) is 35.6 Å². The molecule has 1 saturated heterocycles. The number of ether oxygens (including phenoxy) is 2. The number of rotatable bonds is 9. The van der Waals surface area contributed by atoms with Crippen LogP contribution in [0.5, 0.6) is 5.88 Å². The second-order valence-corrected chi connectivity index (χ2v) is 12.8. The first kappa shape index (κ1) is 32.0. The lowest BCUT2D eigenvalue weighted by atomic mass is 9.87. The molecule has 0 radical (unpaired) electrons. The number of carboxylic acids is 1. The van der Waals surface area contributed by atoms with Gasteiger partial charge in [0.25, 0.3) is 0 Å². The summed E-state index contributed by atoms with van der Waals surface area (Å²) in [6.07, 6.45) is 1.63. The van der Waals surface area contributed by atoms with Crippen LogP contribution in [0.3, 0.4) is 0 Å². The number of fused-ring (bicyclic) bond motifs is 1. The number of nitrogens with zero attached hydrogens (tertiary/aromatic N) is 6. The number of halogens is 3. The maximum Gasteiger partial charge on any atom is 0.335 e. The van der Waals surface area contributed by atoms with Crippen molar-refractivity contribution in [1.82, 2.24) is 29.5 Å². The van der Waals surface area contributed by atoms with E-state index in [0.717, 1.165) is 12.1 Å². The number of aryl methyl sites for hydroxylation is 1. The molecule has 1 unspecified atom stereocenters. The Bertz CT molecular complexity index is 2230. The van der Waals surface area contributed by atoms with Gasteiger partial charge in [0.15, 0.2) is 0 Å². The molecule has 7 rings (SSSR count). The third-order valence-corrected chi connectivity index (χ3v) is 8.78. The molecular formula is C36H31F3N6O4. The highest BCUT2D eigenvalue weighted by Crippen LogP contribution is 2.40. The minimum Gasteiger partial charge on any atom is -0.478 e. The molecule has 3 aromatic carbocycles. The number of aromatic carboxylic acids is 1. The number of hydrogen-bond donors (Lipinski definition) is 1. The molecule has 0 aliphatic carbocycles. The molecule has 13 heteroatoms. The fourth-order valence-electron chi connectivity index (χ4n) is 6.12. The Morgan fingerprint density at radius 2 is 1.80 bits per heavy atom. The zero-order chi connectivity index (χ0) is 34.4. The quantitative estimate of drug-likeness (QED) is 0.179. The molecule has 0 amide bonds. The molecule has 250 valence electrons. The van der Waals surface area contributed by atoms with Gasteiger partial charge in [-0.3, -0.25) is 4.68 Å². The highest BCUT2D eigenvalue weighted by molar-refractivity contribution is 5.92. The van der Waals surface area contributed by atoms with Crippen LogP contribution >= 0.6 is 0 Å². The van der Waals surface area contributed by atoms with Gasteiger partial charge in [0, 0.05) is 41.6 Å². The highest BCUT2D eigenvalue weighted by atomic mass is 19.1. The summed E-state index contributed by atoms with van der Waals surface area (Å²) in [5.74, 6) is -2.38. The first-order chi connectivity index (χ1) is 23.5. The normalized spacial score (nSPS) is 15.6. The van der Waals surface area contributed by atoms with Crippen molar-refractivity contribution in [3.05, 3.63) is 113 Å². The molecule has 1 aliphatic rings. The lowest BCUT2D eigenvalue weighted by Crippen LogP contribution is -2.27. The van der Waals surface area contributed by atoms with Gasteiger partial charge in [0.05, 0.1) is 47.7 Å². The van der Waals surface area contributed by atoms with Crippen LogP contribution in [0.1, 0.15) is 47.2 Å². The van der Waals surface area contributed by atoms with Gasteiger partial charge in [-0.2, -0.15) is 0 Å². The Kier molecular flexibility index (Phi) is 8.15. The van der Waals surface area contributed by atoms with E-state index in [1.165, 1.54) is 22.9 Å². The summed E-state index contributed by atoms with van der Waals surface area (Å²) < 4.78 is 61.2. The van der Waals surface area contributed by atoms with Crippen molar-refractivity contribution in [2.45, 2.75) is 32.9 Å². The molecular weight excluding hydrogens is 637 g/mol. The van der Waals surface area contributed by atoms with Gasteiger partial charge in [-0.25, -0.2) is 27.9 Å². The SMILES string of the molecule is Cn1cc(-c2ccc(COc3cccc(-c4cc(F)c(Cc5nc6ccc(C(=O)O)cc6n5C5COCC5(C)C)cc4F)n3)c(F)c2)nn1. The van der Waals surface area contributed by atoms with Crippen molar-refractivity contribution in [3.8, 4) is 28.4 Å². The van der Waals surface area contributed by atoms with Gasteiger partial charge in [-0.15, -0.1) is 5.10 Å². The third-order valence-electron chi connectivity index (χ3n) is 8.78. The largest absolute Gasteiger partial charge is 0.478 e. The molecule has 0 bridgehead atoms. The Labute approximate surface area is 278 Å². The lowest BCUT2D eigenvalue weighted by Gasteiger charge is -2.28. The van der Waals surface area contributed by atoms with Gasteiger partial charge in [-0.1, -0.05) is 37.3 Å². The van der Waals surface area contributed by atoms with Crippen molar-refractivity contribution >= 4 is 17.0 Å². The van der Waals surface area contributed by atoms with E-state index in [4.69, 9.17) is 14.5 Å². The Balaban J connectivity index is 1.14. The van der Waals surface area contributed by atoms with Gasteiger partial charge in [-0.05, 0) is 48.0 Å². The number of benzene rings is 3. The third kappa shape index (κ3) is 6.24. The molecule has 6 aromatic rings. The van der Waals surface area contributed by atoms with E-state index < -0.39 is 23.4 Å². The first-order valence-corrected chi connectivity index (χ1v) is 15.5. The average molecular weight is 669 g/mol. The average Bonchev–Trinajstić information content (AvgIpc) is 3.76. The minimum atomic E-state index is -1.08. The predicted octanol–water partition coefficient (Wildman–Crippen LogP) is 6.78. The van der Waals surface area contributed by atoms with Crippen LogP contribution in [0.2, 0.25) is 0 Å². The van der Waals surface area contributed by atoms with Crippen molar-refractivity contribution in [2.75, 3.05) is 13.2 Å². The van der Waals surface area contributed by atoms with E-state index in [1.807, 2.05) is 18.4 Å². The second kappa shape index (κ2) is 12.5. The molecule has 0 spiro atoms. The van der Waals surface area contributed by atoms with Crippen molar-refractivity contribution in [2.24, 2.45) is 12.5 Å². The fraction of sp³-hybridized carbons (Fsp3) is 0.250. The second-order valence-electron chi connectivity index (χ2n) is 12.8. The molecule has 3 aromatic heterocycles. The first-order valence-electron chi connectivity index (χ1n) is 15.5. The summed E-state index contributed by atoms with van der Waals surface area (Å²) in [6.45, 7) is 4.78. The minimum absolute atomic E-state index is 0.0511. The maximum atomic E-state index is 15.7. The predicted molar refractivity (Wildman–Crippen MR) is 173 cm³/mol. The highest BCUT2D eigenvalue weighted by Gasteiger charge is 2.39. The maximum absolute atomic E-state index is 15.7. The number of pyridine rings is 1. The number of imidazole rings is 1. The van der Waals surface area contributed by atoms with Crippen LogP contribution in [-0.4, -0.2) is 53.8 Å². The summed E-state index contributed by atoms with van der Waals surface area (Å²) in [5, 5.41) is 17.5. The summed E-state index contributed by atoms with van der Waals surface area (Å²) in [5.41, 5.74) is 2.41. The summed E-state index contributed by atoms with van der Waals surface area (Å²) in [6, 6.07) is 15.9. The summed E-state index contributed by atoms with van der Waals surface area (Å²) >= 11 is 0. The van der Waals surface area contributed by atoms with Gasteiger partial charge in [0.2, 0.25) is 5.88 Å². The lowest BCUT2D eigenvalue weighted by molar-refractivity contribution is 0.0697. The Morgan fingerprint density at radius 3 is 2.51 bits per heavy atom. The van der Waals surface area contributed by atoms with Crippen molar-refractivity contribution < 1.29 is 32.5 Å². The van der Waals surface area contributed by atoms with E-state index in [0.29, 0.717) is 41.3 Å². The van der Waals surface area contributed by atoms with E-state index in [9.17, 15) is 14.3 Å². The molecule has 10 nitrogen and oxygen atoms in total. The molecule has 1 fully saturated rings. The van der Waals surface area contributed by atoms with Crippen molar-refractivity contribution in [3.63, 3.8) is 0 Å². The van der Waals surface area contributed by atoms with E-state index in [-0.39, 0.29) is 58.3 Å². The van der Waals surface area contributed by atoms with Crippen LogP contribution in [0.25, 0.3) is 33.5 Å². The number of carbonyl (C=O) groups is 1. The van der Waals surface area contributed by atoms with Crippen LogP contribution in [0, 0.1) is 22.9 Å². The molecule has 1 aliphatic heterocycles. The van der Waals surface area contributed by atoms with Crippen LogP contribution in [0.15, 0.2) is 72.9 Å². The van der Waals surface area contributed by atoms with E-state index >= 15 is 8.78 Å². The van der Waals surface area contributed by atoms with Crippen molar-refractivity contribution in [1.29, 1.82) is 0 Å². The molecule has 4 heterocycles. The zero-order valence-electron chi connectivity index (χ0n) is 26.8. The number of aromatic nitrogens is 6. The molecule has 1 N–H and O–H groups in total. The topological polar surface area (TPSA) is 117 Å². The summed E-state index contributed by atoms with van der Waals surface area (Å²) in [4.78, 5) is 20.8. The molecule has 0 saturated carbocycles. The molecule has 1 atom stereocenters. The van der Waals surface area contributed by atoms with Crippen LogP contribution < -0.4 is 4.74 Å². The van der Waals surface area contributed by atoms with Gasteiger partial charge >= 0.3 is 5.97 Å². The standard InChI is InChI=1S/C36H31F3N6O4/c1-36(2)19-48-18-32(36)45-31-13-21(35(46)47)9-10-29(31)40-33(45)14-23-12-27(39)24(15-26(23)38)28-5-4-6-34(41-28)49-17-22-8-7-20(11-25(22)37)30-16-44(3)43-42-30/h4-13,15-16,32H,14,17-19H2,1-3H3,(H,46,47). The summed E-state index contributed by atoms with van der Waals surface area (Å²) in [7, 11) is 1.72.